The van der Waals surface area contributed by atoms with Crippen molar-refractivity contribution in [1.29, 1.82) is 0 Å². The molecule has 2 aliphatic rings. The molecule has 2 aliphatic heterocycles. The lowest BCUT2D eigenvalue weighted by molar-refractivity contribution is -0.192. The number of carboxylic acids is 1. The number of carbonyl (C=O) groups is 2. The third-order valence-corrected chi connectivity index (χ3v) is 7.49. The second-order valence-corrected chi connectivity index (χ2v) is 11.2. The number of piperidine rings is 1. The summed E-state index contributed by atoms with van der Waals surface area (Å²) in [5.41, 5.74) is 1.07. The topological polar surface area (TPSA) is 130 Å². The minimum Gasteiger partial charge on any atom is -0.477 e. The molecule has 1 aromatic carbocycles. The van der Waals surface area contributed by atoms with Crippen LogP contribution in [0.1, 0.15) is 31.7 Å². The number of rotatable bonds is 6. The summed E-state index contributed by atoms with van der Waals surface area (Å²) < 4.78 is 88.8. The van der Waals surface area contributed by atoms with Crippen molar-refractivity contribution in [2.24, 2.45) is 0 Å². The van der Waals surface area contributed by atoms with E-state index in [1.54, 1.807) is 4.90 Å². The molecular weight excluding hydrogens is 567 g/mol. The van der Waals surface area contributed by atoms with Crippen molar-refractivity contribution in [3.63, 3.8) is 0 Å². The van der Waals surface area contributed by atoms with E-state index in [1.807, 2.05) is 19.3 Å². The van der Waals surface area contributed by atoms with Crippen LogP contribution in [0.25, 0.3) is 0 Å². The Morgan fingerprint density at radius 2 is 1.65 bits per heavy atom. The van der Waals surface area contributed by atoms with Crippen LogP contribution in [0.3, 0.4) is 0 Å². The van der Waals surface area contributed by atoms with E-state index in [0.717, 1.165) is 31.1 Å². The summed E-state index contributed by atoms with van der Waals surface area (Å²) in [6, 6.07) is 1.29. The van der Waals surface area contributed by atoms with Gasteiger partial charge in [-0.15, -0.1) is 0 Å². The molecule has 16 heteroatoms. The van der Waals surface area contributed by atoms with E-state index in [9.17, 15) is 35.2 Å². The quantitative estimate of drug-likeness (QED) is 0.502. The Balaban J connectivity index is 0.000000559. The van der Waals surface area contributed by atoms with Crippen LogP contribution < -0.4 is 9.64 Å². The Bertz CT molecular complexity index is 1330. The number of amides is 1. The van der Waals surface area contributed by atoms with Crippen LogP contribution >= 0.6 is 0 Å². The van der Waals surface area contributed by atoms with Crippen LogP contribution in [0.15, 0.2) is 29.4 Å². The van der Waals surface area contributed by atoms with Gasteiger partial charge >= 0.3 is 12.1 Å². The van der Waals surface area contributed by atoms with Gasteiger partial charge in [-0.05, 0) is 30.9 Å². The first kappa shape index (κ1) is 31.0. The number of anilines is 1. The zero-order valence-corrected chi connectivity index (χ0v) is 22.3. The molecule has 0 saturated carbocycles. The first-order valence-electron chi connectivity index (χ1n) is 12.1. The lowest BCUT2D eigenvalue weighted by Crippen LogP contribution is -2.47. The van der Waals surface area contributed by atoms with Crippen molar-refractivity contribution in [1.82, 2.24) is 14.9 Å². The number of aliphatic carboxylic acids is 1. The van der Waals surface area contributed by atoms with E-state index in [4.69, 9.17) is 14.6 Å². The van der Waals surface area contributed by atoms with Gasteiger partial charge in [0.25, 0.3) is 5.91 Å². The molecule has 3 heterocycles. The molecule has 2 fully saturated rings. The molecule has 2 aromatic rings. The second-order valence-electron chi connectivity index (χ2n) is 9.18. The number of hydrogen-bond donors (Lipinski definition) is 1. The highest BCUT2D eigenvalue weighted by atomic mass is 32.2. The molecule has 2 saturated heterocycles. The fourth-order valence-corrected chi connectivity index (χ4v) is 4.99. The average Bonchev–Trinajstić information content (AvgIpc) is 3.25. The largest absolute Gasteiger partial charge is 0.490 e. The van der Waals surface area contributed by atoms with Crippen LogP contribution in [0.5, 0.6) is 5.75 Å². The van der Waals surface area contributed by atoms with E-state index in [-0.39, 0.29) is 11.9 Å². The van der Waals surface area contributed by atoms with E-state index in [2.05, 4.69) is 14.9 Å². The Morgan fingerprint density at radius 3 is 2.15 bits per heavy atom. The first-order chi connectivity index (χ1) is 18.6. The fraction of sp³-hybridized carbons (Fsp3) is 0.500. The number of sulfone groups is 1. The fourth-order valence-electron chi connectivity index (χ4n) is 4.26. The Morgan fingerprint density at radius 1 is 1.07 bits per heavy atom. The molecule has 0 bridgehead atoms. The number of halogens is 5. The Hall–Kier alpha value is -3.56. The molecule has 40 heavy (non-hydrogen) atoms. The van der Waals surface area contributed by atoms with E-state index < -0.39 is 50.4 Å². The number of carbonyl (C=O) groups excluding carboxylic acids is 1. The van der Waals surface area contributed by atoms with Gasteiger partial charge in [-0.2, -0.15) is 13.2 Å². The lowest BCUT2D eigenvalue weighted by Gasteiger charge is -2.36. The molecule has 0 spiro atoms. The Kier molecular flexibility index (Phi) is 9.53. The summed E-state index contributed by atoms with van der Waals surface area (Å²) in [7, 11) is -3.92. The normalized spacial score (nSPS) is 18.4. The predicted octanol–water partition coefficient (Wildman–Crippen LogP) is 3.00. The molecule has 220 valence electrons. The van der Waals surface area contributed by atoms with Gasteiger partial charge < -0.3 is 19.6 Å². The number of ether oxygens (including phenoxy) is 1. The minimum atomic E-state index is -5.08. The van der Waals surface area contributed by atoms with Crippen LogP contribution in [0, 0.1) is 11.6 Å². The van der Waals surface area contributed by atoms with E-state index >= 15 is 0 Å². The standard InChI is InChI=1S/C22H26F2N4O4S.C2HF3O2/c1-3-14-12-25-22(26-13-14)27-7-4-15(5-8-27)28-9-6-18(21(28)29)32-19-10-17(24)20(11-16(19)23)33(2,30)31;3-2(4,5)1(6)7/h10-13,15,18H,3-9H2,1-2H3;(H,6,7). The van der Waals surface area contributed by atoms with Crippen LogP contribution in [0.4, 0.5) is 27.9 Å². The molecule has 1 amide bonds. The third-order valence-electron chi connectivity index (χ3n) is 6.38. The van der Waals surface area contributed by atoms with E-state index in [0.29, 0.717) is 44.1 Å². The second kappa shape index (κ2) is 12.3. The van der Waals surface area contributed by atoms with Crippen LogP contribution in [0.2, 0.25) is 0 Å². The van der Waals surface area contributed by atoms with Crippen molar-refractivity contribution >= 4 is 27.7 Å². The summed E-state index contributed by atoms with van der Waals surface area (Å²) in [6.45, 7) is 3.92. The molecule has 10 nitrogen and oxygen atoms in total. The average molecular weight is 595 g/mol. The number of aromatic nitrogens is 2. The van der Waals surface area contributed by atoms with Crippen molar-refractivity contribution in [3.05, 3.63) is 41.7 Å². The molecular formula is C24H27F5N4O6S. The molecule has 1 atom stereocenters. The molecule has 1 N–H and O–H groups in total. The molecule has 4 rings (SSSR count). The summed E-state index contributed by atoms with van der Waals surface area (Å²) >= 11 is 0. The van der Waals surface area contributed by atoms with Gasteiger partial charge in [0, 0.05) is 56.8 Å². The summed E-state index contributed by atoms with van der Waals surface area (Å²) in [6.07, 6.45) is 1.12. The number of carboxylic acid groups (broad SMARTS) is 1. The lowest BCUT2D eigenvalue weighted by atomic mass is 10.0. The first-order valence-corrected chi connectivity index (χ1v) is 14.0. The van der Waals surface area contributed by atoms with Gasteiger partial charge in [0.2, 0.25) is 5.95 Å². The zero-order valence-electron chi connectivity index (χ0n) is 21.5. The monoisotopic (exact) mass is 594 g/mol. The SMILES string of the molecule is CCc1cnc(N2CCC(N3CCC(Oc4cc(F)c(S(C)(=O)=O)cc4F)C3=O)CC2)nc1.O=C(O)C(F)(F)F. The maximum atomic E-state index is 14.3. The molecule has 1 aromatic heterocycles. The minimum absolute atomic E-state index is 0.0199. The van der Waals surface area contributed by atoms with Crippen molar-refractivity contribution in [3.8, 4) is 5.75 Å². The summed E-state index contributed by atoms with van der Waals surface area (Å²) in [5.74, 6) is -4.96. The number of alkyl halides is 3. The van der Waals surface area contributed by atoms with Gasteiger partial charge in [-0.25, -0.2) is 32.0 Å². The smallest absolute Gasteiger partial charge is 0.477 e. The molecule has 1 unspecified atom stereocenters. The number of nitrogens with zero attached hydrogens (tertiary/aromatic N) is 4. The highest BCUT2D eigenvalue weighted by Gasteiger charge is 2.39. The van der Waals surface area contributed by atoms with Gasteiger partial charge in [0.15, 0.2) is 27.5 Å². The maximum Gasteiger partial charge on any atom is 0.490 e. The summed E-state index contributed by atoms with van der Waals surface area (Å²) in [5, 5.41) is 7.12. The van der Waals surface area contributed by atoms with Gasteiger partial charge in [-0.1, -0.05) is 6.92 Å². The maximum absolute atomic E-state index is 14.3. The Labute approximate surface area is 226 Å². The van der Waals surface area contributed by atoms with Crippen molar-refractivity contribution in [2.45, 2.75) is 55.8 Å². The number of benzene rings is 1. The van der Waals surface area contributed by atoms with Crippen LogP contribution in [-0.2, 0) is 25.8 Å². The van der Waals surface area contributed by atoms with Crippen molar-refractivity contribution in [2.75, 3.05) is 30.8 Å². The number of likely N-dealkylation sites (tertiary alicyclic amines) is 1. The third kappa shape index (κ3) is 7.55. The molecule has 0 radical (unpaired) electrons. The van der Waals surface area contributed by atoms with Crippen molar-refractivity contribution < 1.29 is 49.8 Å². The number of hydrogen-bond acceptors (Lipinski definition) is 8. The molecule has 0 aliphatic carbocycles. The van der Waals surface area contributed by atoms with Gasteiger partial charge in [0.05, 0.1) is 0 Å². The summed E-state index contributed by atoms with van der Waals surface area (Å²) in [4.78, 5) is 33.7. The number of aryl methyl sites for hydroxylation is 1. The highest BCUT2D eigenvalue weighted by molar-refractivity contribution is 7.90. The zero-order chi connectivity index (χ0) is 29.8. The predicted molar refractivity (Wildman–Crippen MR) is 131 cm³/mol. The van der Waals surface area contributed by atoms with Crippen LogP contribution in [-0.4, -0.2) is 84.5 Å². The van der Waals surface area contributed by atoms with Gasteiger partial charge in [-0.3, -0.25) is 4.79 Å². The van der Waals surface area contributed by atoms with E-state index in [1.165, 1.54) is 0 Å². The highest BCUT2D eigenvalue weighted by Crippen LogP contribution is 2.30. The van der Waals surface area contributed by atoms with Gasteiger partial charge in [0.1, 0.15) is 10.7 Å².